The van der Waals surface area contributed by atoms with Gasteiger partial charge in [-0.25, -0.2) is 9.67 Å². The highest BCUT2D eigenvalue weighted by molar-refractivity contribution is 6.30. The van der Waals surface area contributed by atoms with E-state index in [0.717, 1.165) is 16.9 Å². The maximum atomic E-state index is 12.6. The smallest absolute Gasteiger partial charge is 0.260 e. The van der Waals surface area contributed by atoms with Crippen molar-refractivity contribution >= 4 is 23.3 Å². The van der Waals surface area contributed by atoms with Crippen molar-refractivity contribution in [2.75, 3.05) is 5.32 Å². The molecule has 0 radical (unpaired) electrons. The number of pyridine rings is 1. The Balaban J connectivity index is 1.93. The first kappa shape index (κ1) is 16.2. The number of hydrogen-bond acceptors (Lipinski definition) is 3. The maximum absolute atomic E-state index is 12.6. The van der Waals surface area contributed by atoms with Crippen LogP contribution in [0.5, 0.6) is 0 Å². The second-order valence-corrected chi connectivity index (χ2v) is 5.86. The number of anilines is 1. The van der Waals surface area contributed by atoms with E-state index in [1.54, 1.807) is 23.1 Å². The molecule has 3 aromatic rings. The van der Waals surface area contributed by atoms with Crippen molar-refractivity contribution in [1.82, 2.24) is 14.8 Å². The summed E-state index contributed by atoms with van der Waals surface area (Å²) in [7, 11) is 0. The molecule has 1 N–H and O–H groups in total. The third-order valence-corrected chi connectivity index (χ3v) is 3.89. The first-order chi connectivity index (χ1) is 11.6. The lowest BCUT2D eigenvalue weighted by molar-refractivity contribution is 0.102. The van der Waals surface area contributed by atoms with Gasteiger partial charge in [0, 0.05) is 11.2 Å². The number of benzene rings is 1. The Bertz CT molecular complexity index is 888. The van der Waals surface area contributed by atoms with Gasteiger partial charge in [-0.1, -0.05) is 24.6 Å². The molecule has 5 nitrogen and oxygen atoms in total. The molecule has 0 atom stereocenters. The average Bonchev–Trinajstić information content (AvgIpc) is 2.99. The van der Waals surface area contributed by atoms with Crippen molar-refractivity contribution in [3.63, 3.8) is 0 Å². The summed E-state index contributed by atoms with van der Waals surface area (Å²) in [6.07, 6.45) is 3.91. The number of carbonyl (C=O) groups excluding carboxylic acids is 1. The van der Waals surface area contributed by atoms with Crippen LogP contribution in [0.25, 0.3) is 5.69 Å². The topological polar surface area (TPSA) is 59.8 Å². The van der Waals surface area contributed by atoms with Gasteiger partial charge in [-0.3, -0.25) is 4.79 Å². The molecule has 0 fully saturated rings. The third kappa shape index (κ3) is 3.31. The van der Waals surface area contributed by atoms with Gasteiger partial charge in [0.15, 0.2) is 0 Å². The molecule has 0 saturated carbocycles. The van der Waals surface area contributed by atoms with Gasteiger partial charge < -0.3 is 5.32 Å². The summed E-state index contributed by atoms with van der Waals surface area (Å²) in [5.74, 6) is 0.302. The SMILES string of the molecule is CCc1c(C(=O)Nc2cc(C)ccn2)cnn1-c1cccc(Cl)c1. The summed E-state index contributed by atoms with van der Waals surface area (Å²) in [5.41, 5.74) is 3.21. The molecule has 0 spiro atoms. The molecule has 24 heavy (non-hydrogen) atoms. The molecule has 0 aliphatic heterocycles. The molecule has 6 heteroatoms. The predicted molar refractivity (Wildman–Crippen MR) is 94.9 cm³/mol. The Morgan fingerprint density at radius 1 is 1.29 bits per heavy atom. The van der Waals surface area contributed by atoms with Crippen molar-refractivity contribution in [1.29, 1.82) is 0 Å². The molecule has 0 saturated heterocycles. The van der Waals surface area contributed by atoms with E-state index in [2.05, 4.69) is 15.4 Å². The van der Waals surface area contributed by atoms with Gasteiger partial charge in [-0.05, 0) is 49.2 Å². The highest BCUT2D eigenvalue weighted by Crippen LogP contribution is 2.20. The molecule has 122 valence electrons. The van der Waals surface area contributed by atoms with Crippen molar-refractivity contribution < 1.29 is 4.79 Å². The third-order valence-electron chi connectivity index (χ3n) is 3.66. The predicted octanol–water partition coefficient (Wildman–Crippen LogP) is 4.04. The number of aromatic nitrogens is 3. The maximum Gasteiger partial charge on any atom is 0.260 e. The number of nitrogens with zero attached hydrogens (tertiary/aromatic N) is 3. The van der Waals surface area contributed by atoms with E-state index in [9.17, 15) is 4.79 Å². The highest BCUT2D eigenvalue weighted by atomic mass is 35.5. The summed E-state index contributed by atoms with van der Waals surface area (Å²) in [6.45, 7) is 3.94. The molecular formula is C18H17ClN4O. The molecule has 2 heterocycles. The lowest BCUT2D eigenvalue weighted by Gasteiger charge is -2.09. The fourth-order valence-corrected chi connectivity index (χ4v) is 2.71. The van der Waals surface area contributed by atoms with Crippen LogP contribution in [0.4, 0.5) is 5.82 Å². The molecular weight excluding hydrogens is 324 g/mol. The van der Waals surface area contributed by atoms with Crippen molar-refractivity contribution in [3.05, 3.63) is 70.6 Å². The number of halogens is 1. The minimum absolute atomic E-state index is 0.224. The molecule has 0 unspecified atom stereocenters. The minimum atomic E-state index is -0.224. The standard InChI is InChI=1S/C18H17ClN4O/c1-3-16-15(18(24)22-17-9-12(2)7-8-20-17)11-21-23(16)14-6-4-5-13(19)10-14/h4-11H,3H2,1-2H3,(H,20,22,24). The lowest BCUT2D eigenvalue weighted by atomic mass is 10.2. The van der Waals surface area contributed by atoms with Gasteiger partial charge in [0.2, 0.25) is 0 Å². The van der Waals surface area contributed by atoms with Crippen molar-refractivity contribution in [2.45, 2.75) is 20.3 Å². The first-order valence-corrected chi connectivity index (χ1v) is 8.03. The molecule has 2 aromatic heterocycles. The first-order valence-electron chi connectivity index (χ1n) is 7.65. The number of rotatable bonds is 4. The van der Waals surface area contributed by atoms with Crippen LogP contribution in [0.1, 0.15) is 28.5 Å². The number of aryl methyl sites for hydroxylation is 1. The number of amides is 1. The van der Waals surface area contributed by atoms with Crippen LogP contribution >= 0.6 is 11.6 Å². The summed E-state index contributed by atoms with van der Waals surface area (Å²) < 4.78 is 1.74. The molecule has 0 bridgehead atoms. The van der Waals surface area contributed by atoms with Gasteiger partial charge in [-0.15, -0.1) is 0 Å². The zero-order valence-electron chi connectivity index (χ0n) is 13.5. The van der Waals surface area contributed by atoms with Crippen molar-refractivity contribution in [3.8, 4) is 5.69 Å². The summed E-state index contributed by atoms with van der Waals surface area (Å²) >= 11 is 6.05. The average molecular weight is 341 g/mol. The molecule has 1 amide bonds. The second-order valence-electron chi connectivity index (χ2n) is 5.42. The van der Waals surface area contributed by atoms with E-state index < -0.39 is 0 Å². The van der Waals surface area contributed by atoms with E-state index in [1.165, 1.54) is 0 Å². The minimum Gasteiger partial charge on any atom is -0.306 e. The van der Waals surface area contributed by atoms with Crippen LogP contribution < -0.4 is 5.32 Å². The van der Waals surface area contributed by atoms with Gasteiger partial charge in [0.1, 0.15) is 5.82 Å². The van der Waals surface area contributed by atoms with Crippen LogP contribution in [0.15, 0.2) is 48.8 Å². The van der Waals surface area contributed by atoms with Crippen LogP contribution in [-0.2, 0) is 6.42 Å². The van der Waals surface area contributed by atoms with Crippen LogP contribution in [0.3, 0.4) is 0 Å². The Morgan fingerprint density at radius 2 is 2.12 bits per heavy atom. The number of nitrogens with one attached hydrogen (secondary N) is 1. The van der Waals surface area contributed by atoms with Crippen LogP contribution in [0.2, 0.25) is 5.02 Å². The Hall–Kier alpha value is -2.66. The highest BCUT2D eigenvalue weighted by Gasteiger charge is 2.17. The van der Waals surface area contributed by atoms with Gasteiger partial charge >= 0.3 is 0 Å². The molecule has 0 aliphatic carbocycles. The zero-order valence-corrected chi connectivity index (χ0v) is 14.2. The Kier molecular flexibility index (Phi) is 4.62. The van der Waals surface area contributed by atoms with Gasteiger partial charge in [0.05, 0.1) is 23.1 Å². The quantitative estimate of drug-likeness (QED) is 0.779. The van der Waals surface area contributed by atoms with Crippen LogP contribution in [-0.4, -0.2) is 20.7 Å². The zero-order chi connectivity index (χ0) is 17.1. The second kappa shape index (κ2) is 6.84. The fourth-order valence-electron chi connectivity index (χ4n) is 2.52. The summed E-state index contributed by atoms with van der Waals surface area (Å²) in [4.78, 5) is 16.7. The normalized spacial score (nSPS) is 10.6. The monoisotopic (exact) mass is 340 g/mol. The van der Waals surface area contributed by atoms with Gasteiger partial charge in [0.25, 0.3) is 5.91 Å². The Morgan fingerprint density at radius 3 is 2.83 bits per heavy atom. The van der Waals surface area contributed by atoms with E-state index in [-0.39, 0.29) is 5.91 Å². The summed E-state index contributed by atoms with van der Waals surface area (Å²) in [5, 5.41) is 7.80. The fraction of sp³-hybridized carbons (Fsp3) is 0.167. The number of carbonyl (C=O) groups is 1. The molecule has 0 aliphatic rings. The lowest BCUT2D eigenvalue weighted by Crippen LogP contribution is -2.15. The Labute approximate surface area is 145 Å². The van der Waals surface area contributed by atoms with Crippen LogP contribution in [0, 0.1) is 6.92 Å². The van der Waals surface area contributed by atoms with E-state index in [0.29, 0.717) is 22.8 Å². The van der Waals surface area contributed by atoms with E-state index in [1.807, 2.05) is 44.2 Å². The largest absolute Gasteiger partial charge is 0.306 e. The molecule has 3 rings (SSSR count). The van der Waals surface area contributed by atoms with E-state index in [4.69, 9.17) is 11.6 Å². The molecule has 1 aromatic carbocycles. The number of hydrogen-bond donors (Lipinski definition) is 1. The summed E-state index contributed by atoms with van der Waals surface area (Å²) in [6, 6.07) is 11.1. The van der Waals surface area contributed by atoms with Crippen molar-refractivity contribution in [2.24, 2.45) is 0 Å². The van der Waals surface area contributed by atoms with E-state index >= 15 is 0 Å². The van der Waals surface area contributed by atoms with Gasteiger partial charge in [-0.2, -0.15) is 5.10 Å².